The van der Waals surface area contributed by atoms with E-state index in [4.69, 9.17) is 21.9 Å². The highest BCUT2D eigenvalue weighted by Gasteiger charge is 2.35. The Bertz CT molecular complexity index is 903. The van der Waals surface area contributed by atoms with E-state index in [1.54, 1.807) is 0 Å². The second-order valence-electron chi connectivity index (χ2n) is 4.39. The molecule has 1 heterocycles. The van der Waals surface area contributed by atoms with Gasteiger partial charge in [0.1, 0.15) is 16.2 Å². The number of amides is 1. The minimum absolute atomic E-state index is 0.0669. The van der Waals surface area contributed by atoms with Crippen LogP contribution in [0, 0.1) is 6.92 Å². The maximum absolute atomic E-state index is 12.8. The molecule has 0 saturated heterocycles. The van der Waals surface area contributed by atoms with Crippen molar-refractivity contribution in [1.29, 1.82) is 0 Å². The van der Waals surface area contributed by atoms with E-state index in [9.17, 15) is 18.0 Å². The van der Waals surface area contributed by atoms with Gasteiger partial charge in [-0.3, -0.25) is 4.79 Å². The molecule has 8 nitrogen and oxygen atoms in total. The van der Waals surface area contributed by atoms with Crippen molar-refractivity contribution < 1.29 is 27.3 Å². The molecule has 0 bridgehead atoms. The molecular formula is C13H11ClN2O6S. The van der Waals surface area contributed by atoms with Crippen molar-refractivity contribution >= 4 is 33.3 Å². The number of nitrogens with two attached hydrogens (primary N) is 1. The van der Waals surface area contributed by atoms with Gasteiger partial charge >= 0.3 is 5.97 Å². The lowest BCUT2D eigenvalue weighted by atomic mass is 10.2. The minimum atomic E-state index is -4.45. The van der Waals surface area contributed by atoms with Crippen LogP contribution in [0.15, 0.2) is 32.6 Å². The molecule has 2 aromatic rings. The number of halogens is 1. The van der Waals surface area contributed by atoms with Gasteiger partial charge in [-0.25, -0.2) is 13.2 Å². The van der Waals surface area contributed by atoms with Gasteiger partial charge in [0.05, 0.1) is 17.7 Å². The topological polar surface area (TPSA) is 130 Å². The molecule has 0 radical (unpaired) electrons. The highest BCUT2D eigenvalue weighted by atomic mass is 35.5. The summed E-state index contributed by atoms with van der Waals surface area (Å²) in [5.74, 6) is -2.01. The molecule has 1 aromatic heterocycles. The number of aromatic nitrogens is 1. The van der Waals surface area contributed by atoms with Crippen molar-refractivity contribution in [3.05, 3.63) is 40.1 Å². The SMILES string of the molecule is COC(=O)c1cccc(Cl)c1S(=O)(=O)c1noc(C)c1C(N)=O. The van der Waals surface area contributed by atoms with Crippen LogP contribution in [0.1, 0.15) is 26.5 Å². The van der Waals surface area contributed by atoms with Crippen LogP contribution in [0.5, 0.6) is 0 Å². The van der Waals surface area contributed by atoms with Crippen molar-refractivity contribution in [1.82, 2.24) is 5.16 Å². The number of rotatable bonds is 4. The summed E-state index contributed by atoms with van der Waals surface area (Å²) in [6.07, 6.45) is 0. The summed E-state index contributed by atoms with van der Waals surface area (Å²) in [6, 6.07) is 3.88. The first-order valence-electron chi connectivity index (χ1n) is 6.09. The van der Waals surface area contributed by atoms with Gasteiger partial charge in [0.2, 0.25) is 14.9 Å². The second-order valence-corrected chi connectivity index (χ2v) is 6.60. The number of carbonyl (C=O) groups excluding carboxylic acids is 2. The van der Waals surface area contributed by atoms with E-state index in [1.807, 2.05) is 0 Å². The van der Waals surface area contributed by atoms with Crippen molar-refractivity contribution in [3.63, 3.8) is 0 Å². The Morgan fingerprint density at radius 2 is 2.00 bits per heavy atom. The standard InChI is InChI=1S/C13H11ClN2O6S/c1-6-9(11(15)17)12(16-22-6)23(19,20)10-7(13(18)21-2)4-3-5-8(10)14/h3-5H,1-2H3,(H2,15,17). The second kappa shape index (κ2) is 6.01. The fourth-order valence-corrected chi connectivity index (χ4v) is 4.05. The summed E-state index contributed by atoms with van der Waals surface area (Å²) in [5.41, 5.74) is 4.47. The molecule has 1 amide bonds. The van der Waals surface area contributed by atoms with Crippen LogP contribution < -0.4 is 5.73 Å². The number of aryl methyl sites for hydroxylation is 1. The molecule has 23 heavy (non-hydrogen) atoms. The van der Waals surface area contributed by atoms with Crippen LogP contribution >= 0.6 is 11.6 Å². The summed E-state index contributed by atoms with van der Waals surface area (Å²) >= 11 is 5.94. The summed E-state index contributed by atoms with van der Waals surface area (Å²) in [5, 5.41) is 2.44. The van der Waals surface area contributed by atoms with Gasteiger partial charge in [-0.05, 0) is 19.1 Å². The van der Waals surface area contributed by atoms with Crippen molar-refractivity contribution in [2.45, 2.75) is 16.8 Å². The molecule has 2 N–H and O–H groups in total. The third kappa shape index (κ3) is 2.80. The Morgan fingerprint density at radius 1 is 1.35 bits per heavy atom. The van der Waals surface area contributed by atoms with Crippen LogP contribution in [0.2, 0.25) is 5.02 Å². The third-order valence-corrected chi connectivity index (χ3v) is 5.17. The molecular weight excluding hydrogens is 348 g/mol. The monoisotopic (exact) mass is 358 g/mol. The quantitative estimate of drug-likeness (QED) is 0.816. The molecule has 0 fully saturated rings. The van der Waals surface area contributed by atoms with Gasteiger partial charge in [-0.15, -0.1) is 0 Å². The lowest BCUT2D eigenvalue weighted by Crippen LogP contribution is -2.18. The van der Waals surface area contributed by atoms with E-state index in [0.29, 0.717) is 0 Å². The van der Waals surface area contributed by atoms with Crippen LogP contribution in [0.25, 0.3) is 0 Å². The highest BCUT2D eigenvalue weighted by Crippen LogP contribution is 2.32. The number of hydrogen-bond donors (Lipinski definition) is 1. The largest absolute Gasteiger partial charge is 0.465 e. The minimum Gasteiger partial charge on any atom is -0.465 e. The molecule has 0 spiro atoms. The van der Waals surface area contributed by atoms with Crippen LogP contribution in [0.4, 0.5) is 0 Å². The maximum atomic E-state index is 12.8. The highest BCUT2D eigenvalue weighted by molar-refractivity contribution is 7.91. The Kier molecular flexibility index (Phi) is 4.44. The summed E-state index contributed by atoms with van der Waals surface area (Å²) < 4.78 is 34.9. The average Bonchev–Trinajstić information content (AvgIpc) is 2.88. The normalized spacial score (nSPS) is 11.3. The summed E-state index contributed by atoms with van der Waals surface area (Å²) in [4.78, 5) is 22.7. The number of ether oxygens (including phenoxy) is 1. The Balaban J connectivity index is 2.81. The Hall–Kier alpha value is -2.39. The molecule has 2 rings (SSSR count). The predicted molar refractivity (Wildman–Crippen MR) is 78.0 cm³/mol. The molecule has 1 aromatic carbocycles. The molecule has 0 aliphatic heterocycles. The Labute approximate surface area is 136 Å². The summed E-state index contributed by atoms with van der Waals surface area (Å²) in [6.45, 7) is 1.33. The van der Waals surface area contributed by atoms with E-state index in [1.165, 1.54) is 25.1 Å². The zero-order valence-corrected chi connectivity index (χ0v) is 13.6. The van der Waals surface area contributed by atoms with E-state index < -0.39 is 37.2 Å². The average molecular weight is 359 g/mol. The molecule has 10 heteroatoms. The number of primary amides is 1. The van der Waals surface area contributed by atoms with Gasteiger partial charge in [-0.2, -0.15) is 0 Å². The first kappa shape index (κ1) is 17.0. The Morgan fingerprint density at radius 3 is 2.57 bits per heavy atom. The lowest BCUT2D eigenvalue weighted by molar-refractivity contribution is 0.0596. The number of methoxy groups -OCH3 is 1. The fourth-order valence-electron chi connectivity index (χ4n) is 1.96. The van der Waals surface area contributed by atoms with Crippen molar-refractivity contribution in [2.24, 2.45) is 5.73 Å². The van der Waals surface area contributed by atoms with E-state index in [2.05, 4.69) is 9.89 Å². The van der Waals surface area contributed by atoms with Gasteiger partial charge in [0.25, 0.3) is 5.91 Å². The number of carbonyl (C=O) groups is 2. The third-order valence-electron chi connectivity index (χ3n) is 2.97. The molecule has 0 atom stereocenters. The fraction of sp³-hybridized carbons (Fsp3) is 0.154. The number of hydrogen-bond acceptors (Lipinski definition) is 7. The van der Waals surface area contributed by atoms with Crippen LogP contribution in [-0.4, -0.2) is 32.6 Å². The number of nitrogens with zero attached hydrogens (tertiary/aromatic N) is 1. The lowest BCUT2D eigenvalue weighted by Gasteiger charge is -2.09. The summed E-state index contributed by atoms with van der Waals surface area (Å²) in [7, 11) is -3.36. The van der Waals surface area contributed by atoms with Gasteiger partial charge < -0.3 is 15.0 Å². The van der Waals surface area contributed by atoms with E-state index in [-0.39, 0.29) is 16.3 Å². The maximum Gasteiger partial charge on any atom is 0.339 e. The first-order valence-corrected chi connectivity index (χ1v) is 7.96. The molecule has 0 aliphatic rings. The molecule has 122 valence electrons. The number of sulfone groups is 1. The molecule has 0 aliphatic carbocycles. The number of esters is 1. The van der Waals surface area contributed by atoms with Crippen molar-refractivity contribution in [2.75, 3.05) is 7.11 Å². The van der Waals surface area contributed by atoms with Gasteiger partial charge in [0.15, 0.2) is 0 Å². The number of benzene rings is 1. The predicted octanol–water partition coefficient (Wildman–Crippen LogP) is 1.35. The van der Waals surface area contributed by atoms with Gasteiger partial charge in [0, 0.05) is 0 Å². The smallest absolute Gasteiger partial charge is 0.339 e. The zero-order chi connectivity index (χ0) is 17.4. The van der Waals surface area contributed by atoms with E-state index in [0.717, 1.165) is 7.11 Å². The zero-order valence-electron chi connectivity index (χ0n) is 12.0. The molecule has 0 unspecified atom stereocenters. The van der Waals surface area contributed by atoms with Crippen molar-refractivity contribution in [3.8, 4) is 0 Å². The van der Waals surface area contributed by atoms with E-state index >= 15 is 0 Å². The van der Waals surface area contributed by atoms with Crippen LogP contribution in [0.3, 0.4) is 0 Å². The van der Waals surface area contributed by atoms with Gasteiger partial charge in [-0.1, -0.05) is 22.8 Å². The first-order chi connectivity index (χ1) is 10.7. The van der Waals surface area contributed by atoms with Crippen LogP contribution in [-0.2, 0) is 14.6 Å². The molecule has 0 saturated carbocycles.